The molecule has 0 unspecified atom stereocenters. The molecule has 0 amide bonds. The van der Waals surface area contributed by atoms with Crippen molar-refractivity contribution >= 4 is 10.8 Å². The molecule has 2 aromatic carbocycles. The predicted molar refractivity (Wildman–Crippen MR) is 75.0 cm³/mol. The van der Waals surface area contributed by atoms with Crippen molar-refractivity contribution in [2.75, 3.05) is 0 Å². The first-order valence-electron chi connectivity index (χ1n) is 6.56. The molecule has 2 N–H and O–H groups in total. The van der Waals surface area contributed by atoms with Crippen LogP contribution in [0.4, 0.5) is 0 Å². The van der Waals surface area contributed by atoms with Gasteiger partial charge < -0.3 is 5.73 Å². The van der Waals surface area contributed by atoms with Crippen molar-refractivity contribution in [2.45, 2.75) is 38.6 Å². The Balaban J connectivity index is 2.22. The van der Waals surface area contributed by atoms with E-state index in [0.717, 1.165) is 6.42 Å². The van der Waals surface area contributed by atoms with Gasteiger partial charge in [0.25, 0.3) is 0 Å². The van der Waals surface area contributed by atoms with Crippen LogP contribution in [0, 0.1) is 0 Å². The zero-order chi connectivity index (χ0) is 12.1. The summed E-state index contributed by atoms with van der Waals surface area (Å²) in [5.41, 5.74) is 7.59. The van der Waals surface area contributed by atoms with Gasteiger partial charge in [0.2, 0.25) is 0 Å². The molecule has 0 bridgehead atoms. The Morgan fingerprint density at radius 3 is 2.59 bits per heavy atom. The van der Waals surface area contributed by atoms with Crippen molar-refractivity contribution < 1.29 is 0 Å². The number of unbranched alkanes of at least 4 members (excludes halogenated alkanes) is 2. The molecule has 0 aliphatic rings. The van der Waals surface area contributed by atoms with E-state index >= 15 is 0 Å². The quantitative estimate of drug-likeness (QED) is 0.752. The maximum Gasteiger partial charge on any atom is 0.0301 e. The van der Waals surface area contributed by atoms with Gasteiger partial charge in [-0.15, -0.1) is 0 Å². The van der Waals surface area contributed by atoms with E-state index in [2.05, 4.69) is 49.4 Å². The van der Waals surface area contributed by atoms with Gasteiger partial charge in [0, 0.05) is 6.04 Å². The molecule has 0 saturated heterocycles. The average molecular weight is 227 g/mol. The van der Waals surface area contributed by atoms with E-state index in [1.54, 1.807) is 0 Å². The highest BCUT2D eigenvalue weighted by atomic mass is 14.6. The van der Waals surface area contributed by atoms with Crippen LogP contribution >= 0.6 is 0 Å². The van der Waals surface area contributed by atoms with E-state index in [1.165, 1.54) is 35.6 Å². The molecule has 0 fully saturated rings. The fourth-order valence-corrected chi connectivity index (χ4v) is 2.34. The van der Waals surface area contributed by atoms with E-state index in [0.29, 0.717) is 0 Å². The van der Waals surface area contributed by atoms with Gasteiger partial charge in [-0.1, -0.05) is 68.7 Å². The van der Waals surface area contributed by atoms with E-state index in [4.69, 9.17) is 5.73 Å². The van der Waals surface area contributed by atoms with Crippen LogP contribution in [0.5, 0.6) is 0 Å². The van der Waals surface area contributed by atoms with Crippen molar-refractivity contribution in [1.82, 2.24) is 0 Å². The summed E-state index contributed by atoms with van der Waals surface area (Å²) in [7, 11) is 0. The largest absolute Gasteiger partial charge is 0.324 e. The van der Waals surface area contributed by atoms with Gasteiger partial charge in [0.15, 0.2) is 0 Å². The number of hydrogen-bond acceptors (Lipinski definition) is 1. The van der Waals surface area contributed by atoms with Crippen LogP contribution in [-0.2, 0) is 0 Å². The van der Waals surface area contributed by atoms with Crippen molar-refractivity contribution in [2.24, 2.45) is 5.73 Å². The molecule has 1 atom stereocenters. The summed E-state index contributed by atoms with van der Waals surface area (Å²) in [4.78, 5) is 0. The third-order valence-electron chi connectivity index (χ3n) is 3.34. The smallest absolute Gasteiger partial charge is 0.0301 e. The summed E-state index contributed by atoms with van der Waals surface area (Å²) in [6.07, 6.45) is 4.84. The first-order chi connectivity index (χ1) is 8.33. The second-order valence-corrected chi connectivity index (χ2v) is 4.67. The van der Waals surface area contributed by atoms with E-state index in [9.17, 15) is 0 Å². The van der Waals surface area contributed by atoms with Crippen LogP contribution in [0.1, 0.15) is 44.2 Å². The summed E-state index contributed by atoms with van der Waals surface area (Å²) >= 11 is 0. The minimum atomic E-state index is 0.174. The van der Waals surface area contributed by atoms with Gasteiger partial charge in [0.05, 0.1) is 0 Å². The molecule has 2 aromatic rings. The second kappa shape index (κ2) is 5.83. The predicted octanol–water partition coefficient (Wildman–Crippen LogP) is 4.42. The molecule has 17 heavy (non-hydrogen) atoms. The third kappa shape index (κ3) is 2.86. The average Bonchev–Trinajstić information content (AvgIpc) is 2.38. The molecular formula is C16H21N. The van der Waals surface area contributed by atoms with Gasteiger partial charge in [-0.05, 0) is 22.8 Å². The van der Waals surface area contributed by atoms with Gasteiger partial charge >= 0.3 is 0 Å². The molecule has 0 aliphatic heterocycles. The molecular weight excluding hydrogens is 206 g/mol. The van der Waals surface area contributed by atoms with Crippen molar-refractivity contribution in [1.29, 1.82) is 0 Å². The Morgan fingerprint density at radius 2 is 1.76 bits per heavy atom. The molecule has 0 saturated carbocycles. The molecule has 0 aromatic heterocycles. The zero-order valence-electron chi connectivity index (χ0n) is 10.5. The van der Waals surface area contributed by atoms with Crippen molar-refractivity contribution in [3.8, 4) is 0 Å². The molecule has 0 spiro atoms. The number of rotatable bonds is 5. The zero-order valence-corrected chi connectivity index (χ0v) is 10.5. The Hall–Kier alpha value is -1.34. The summed E-state index contributed by atoms with van der Waals surface area (Å²) in [6.45, 7) is 2.23. The molecule has 0 radical (unpaired) electrons. The highest BCUT2D eigenvalue weighted by molar-refractivity contribution is 5.86. The fourth-order valence-electron chi connectivity index (χ4n) is 2.34. The number of benzene rings is 2. The molecule has 90 valence electrons. The minimum absolute atomic E-state index is 0.174. The van der Waals surface area contributed by atoms with E-state index in [-0.39, 0.29) is 6.04 Å². The number of nitrogens with two attached hydrogens (primary N) is 1. The van der Waals surface area contributed by atoms with Crippen molar-refractivity contribution in [3.63, 3.8) is 0 Å². The summed E-state index contributed by atoms with van der Waals surface area (Å²) < 4.78 is 0. The Labute approximate surface area is 104 Å². The lowest BCUT2D eigenvalue weighted by atomic mass is 9.96. The highest BCUT2D eigenvalue weighted by Gasteiger charge is 2.08. The summed E-state index contributed by atoms with van der Waals surface area (Å²) in [5.74, 6) is 0. The Kier molecular flexibility index (Phi) is 4.16. The first kappa shape index (κ1) is 12.1. The van der Waals surface area contributed by atoms with Crippen LogP contribution in [-0.4, -0.2) is 0 Å². The van der Waals surface area contributed by atoms with Crippen molar-refractivity contribution in [3.05, 3.63) is 48.0 Å². The molecule has 2 rings (SSSR count). The van der Waals surface area contributed by atoms with Gasteiger partial charge in [0.1, 0.15) is 0 Å². The lowest BCUT2D eigenvalue weighted by molar-refractivity contribution is 0.584. The topological polar surface area (TPSA) is 26.0 Å². The van der Waals surface area contributed by atoms with Crippen LogP contribution < -0.4 is 5.73 Å². The standard InChI is InChI=1S/C16H21N/c1-2-3-4-12-16(17)15-11-7-9-13-8-5-6-10-14(13)15/h5-11,16H,2-4,12,17H2,1H3/t16-/m1/s1. The first-order valence-corrected chi connectivity index (χ1v) is 6.56. The molecule has 0 aliphatic carbocycles. The maximum absolute atomic E-state index is 6.30. The number of hydrogen-bond donors (Lipinski definition) is 1. The maximum atomic E-state index is 6.30. The summed E-state index contributed by atoms with van der Waals surface area (Å²) in [6, 6.07) is 15.1. The highest BCUT2D eigenvalue weighted by Crippen LogP contribution is 2.25. The van der Waals surface area contributed by atoms with Crippen LogP contribution in [0.25, 0.3) is 10.8 Å². The summed E-state index contributed by atoms with van der Waals surface area (Å²) in [5, 5.41) is 2.59. The Morgan fingerprint density at radius 1 is 1.00 bits per heavy atom. The lowest BCUT2D eigenvalue weighted by Gasteiger charge is -2.14. The molecule has 1 nitrogen and oxygen atoms in total. The van der Waals surface area contributed by atoms with Gasteiger partial charge in [-0.2, -0.15) is 0 Å². The fraction of sp³-hybridized carbons (Fsp3) is 0.375. The molecule has 0 heterocycles. The third-order valence-corrected chi connectivity index (χ3v) is 3.34. The monoisotopic (exact) mass is 227 g/mol. The lowest BCUT2D eigenvalue weighted by Crippen LogP contribution is -2.10. The van der Waals surface area contributed by atoms with E-state index in [1.807, 2.05) is 0 Å². The number of fused-ring (bicyclic) bond motifs is 1. The van der Waals surface area contributed by atoms with Gasteiger partial charge in [-0.3, -0.25) is 0 Å². The normalized spacial score (nSPS) is 12.8. The van der Waals surface area contributed by atoms with Crippen LogP contribution in [0.15, 0.2) is 42.5 Å². The molecule has 1 heteroatoms. The SMILES string of the molecule is CCCCC[C@@H](N)c1cccc2ccccc12. The van der Waals surface area contributed by atoms with Crippen LogP contribution in [0.2, 0.25) is 0 Å². The minimum Gasteiger partial charge on any atom is -0.324 e. The van der Waals surface area contributed by atoms with Gasteiger partial charge in [-0.25, -0.2) is 0 Å². The van der Waals surface area contributed by atoms with E-state index < -0.39 is 0 Å². The Bertz CT molecular complexity index is 470. The van der Waals surface area contributed by atoms with Crippen LogP contribution in [0.3, 0.4) is 0 Å². The second-order valence-electron chi connectivity index (χ2n) is 4.67.